The van der Waals surface area contributed by atoms with Crippen LogP contribution in [0.15, 0.2) is 46.9 Å². The van der Waals surface area contributed by atoms with E-state index in [1.54, 1.807) is 0 Å². The number of nitrogens with one attached hydrogen (secondary N) is 1. The molecule has 1 atom stereocenters. The first-order valence-electron chi connectivity index (χ1n) is 6.57. The van der Waals surface area contributed by atoms with Gasteiger partial charge < -0.3 is 4.42 Å². The van der Waals surface area contributed by atoms with Gasteiger partial charge in [-0.15, -0.1) is 0 Å². The van der Waals surface area contributed by atoms with Gasteiger partial charge in [-0.2, -0.15) is 0 Å². The molecule has 20 heavy (non-hydrogen) atoms. The first-order valence-corrected chi connectivity index (χ1v) is 6.57. The molecular formula is C16H17N3O. The maximum atomic E-state index is 5.87. The summed E-state index contributed by atoms with van der Waals surface area (Å²) in [5, 5.41) is 1.06. The maximum absolute atomic E-state index is 5.87. The highest BCUT2D eigenvalue weighted by Gasteiger charge is 2.19. The standard InChI is InChI=1S/C16H17N3O/c1-10-7-11(2)18-13(8-10)16(19-17)15-9-12-5-3-4-6-14(12)20-15/h3-9,16,19H,17H2,1-2H3. The van der Waals surface area contributed by atoms with E-state index in [9.17, 15) is 0 Å². The first kappa shape index (κ1) is 12.8. The quantitative estimate of drug-likeness (QED) is 0.565. The van der Waals surface area contributed by atoms with E-state index in [1.165, 1.54) is 0 Å². The molecule has 0 bridgehead atoms. The van der Waals surface area contributed by atoms with Crippen LogP contribution in [-0.2, 0) is 0 Å². The molecule has 1 unspecified atom stereocenters. The molecule has 3 rings (SSSR count). The van der Waals surface area contributed by atoms with E-state index >= 15 is 0 Å². The van der Waals surface area contributed by atoms with Crippen molar-refractivity contribution in [2.24, 2.45) is 5.84 Å². The number of hydrazine groups is 1. The lowest BCUT2D eigenvalue weighted by atomic mass is 10.1. The number of aromatic nitrogens is 1. The van der Waals surface area contributed by atoms with Gasteiger partial charge >= 0.3 is 0 Å². The minimum Gasteiger partial charge on any atom is -0.459 e. The molecule has 0 radical (unpaired) electrons. The van der Waals surface area contributed by atoms with E-state index in [0.717, 1.165) is 33.7 Å². The van der Waals surface area contributed by atoms with Crippen LogP contribution in [0.4, 0.5) is 0 Å². The maximum Gasteiger partial charge on any atom is 0.134 e. The summed E-state index contributed by atoms with van der Waals surface area (Å²) in [4.78, 5) is 4.55. The fourth-order valence-corrected chi connectivity index (χ4v) is 2.48. The van der Waals surface area contributed by atoms with Crippen LogP contribution in [-0.4, -0.2) is 4.98 Å². The number of fused-ring (bicyclic) bond motifs is 1. The third kappa shape index (κ3) is 2.31. The van der Waals surface area contributed by atoms with Gasteiger partial charge in [0.05, 0.1) is 5.69 Å². The molecule has 3 aromatic rings. The Morgan fingerprint density at radius 3 is 2.65 bits per heavy atom. The number of benzene rings is 1. The lowest BCUT2D eigenvalue weighted by Gasteiger charge is -2.14. The Hall–Kier alpha value is -2.17. The van der Waals surface area contributed by atoms with Crippen molar-refractivity contribution in [1.29, 1.82) is 0 Å². The van der Waals surface area contributed by atoms with Crippen LogP contribution in [0.5, 0.6) is 0 Å². The SMILES string of the molecule is Cc1cc(C)nc(C(NN)c2cc3ccccc3o2)c1. The number of furan rings is 1. The Bertz CT molecular complexity index is 695. The number of aryl methyl sites for hydroxylation is 2. The van der Waals surface area contributed by atoms with Gasteiger partial charge in [0.2, 0.25) is 0 Å². The van der Waals surface area contributed by atoms with E-state index < -0.39 is 0 Å². The van der Waals surface area contributed by atoms with E-state index in [0.29, 0.717) is 0 Å². The van der Waals surface area contributed by atoms with E-state index in [2.05, 4.69) is 10.4 Å². The Labute approximate surface area is 117 Å². The lowest BCUT2D eigenvalue weighted by molar-refractivity contribution is 0.470. The average molecular weight is 267 g/mol. The molecule has 0 saturated carbocycles. The van der Waals surface area contributed by atoms with Crippen molar-refractivity contribution in [3.05, 3.63) is 65.2 Å². The van der Waals surface area contributed by atoms with Crippen molar-refractivity contribution < 1.29 is 4.42 Å². The number of nitrogens with zero attached hydrogens (tertiary/aromatic N) is 1. The van der Waals surface area contributed by atoms with Crippen molar-refractivity contribution in [2.75, 3.05) is 0 Å². The largest absolute Gasteiger partial charge is 0.459 e. The van der Waals surface area contributed by atoms with Crippen LogP contribution in [0, 0.1) is 13.8 Å². The highest BCUT2D eigenvalue weighted by molar-refractivity contribution is 5.77. The van der Waals surface area contributed by atoms with Crippen LogP contribution in [0.2, 0.25) is 0 Å². The van der Waals surface area contributed by atoms with Crippen LogP contribution in [0.3, 0.4) is 0 Å². The number of pyridine rings is 1. The monoisotopic (exact) mass is 267 g/mol. The summed E-state index contributed by atoms with van der Waals surface area (Å²) in [6, 6.07) is 13.7. The van der Waals surface area contributed by atoms with Crippen LogP contribution in [0.1, 0.15) is 28.8 Å². The minimum atomic E-state index is -0.249. The molecule has 2 heterocycles. The van der Waals surface area contributed by atoms with E-state index in [1.807, 2.05) is 56.3 Å². The fraction of sp³-hybridized carbons (Fsp3) is 0.188. The van der Waals surface area contributed by atoms with Crippen molar-refractivity contribution in [3.8, 4) is 0 Å². The number of para-hydroxylation sites is 1. The average Bonchev–Trinajstić information content (AvgIpc) is 2.81. The molecule has 0 aliphatic rings. The summed E-state index contributed by atoms with van der Waals surface area (Å²) in [5.41, 5.74) is 6.64. The number of nitrogens with two attached hydrogens (primary N) is 1. The summed E-state index contributed by atoms with van der Waals surface area (Å²) in [7, 11) is 0. The molecule has 1 aromatic carbocycles. The highest BCUT2D eigenvalue weighted by atomic mass is 16.3. The van der Waals surface area contributed by atoms with Gasteiger partial charge in [-0.05, 0) is 43.7 Å². The molecule has 0 spiro atoms. The van der Waals surface area contributed by atoms with Crippen molar-refractivity contribution in [1.82, 2.24) is 10.4 Å². The van der Waals surface area contributed by atoms with Crippen LogP contribution < -0.4 is 11.3 Å². The highest BCUT2D eigenvalue weighted by Crippen LogP contribution is 2.27. The summed E-state index contributed by atoms with van der Waals surface area (Å²) < 4.78 is 5.87. The summed E-state index contributed by atoms with van der Waals surface area (Å²) >= 11 is 0. The second-order valence-electron chi connectivity index (χ2n) is 5.00. The number of hydrogen-bond acceptors (Lipinski definition) is 4. The molecule has 102 valence electrons. The van der Waals surface area contributed by atoms with E-state index in [-0.39, 0.29) is 6.04 Å². The van der Waals surface area contributed by atoms with E-state index in [4.69, 9.17) is 10.3 Å². The van der Waals surface area contributed by atoms with Crippen LogP contribution >= 0.6 is 0 Å². The third-order valence-corrected chi connectivity index (χ3v) is 3.31. The van der Waals surface area contributed by atoms with Gasteiger partial charge in [-0.1, -0.05) is 18.2 Å². The predicted molar refractivity (Wildman–Crippen MR) is 79.1 cm³/mol. The molecule has 2 aromatic heterocycles. The fourth-order valence-electron chi connectivity index (χ4n) is 2.48. The van der Waals surface area contributed by atoms with Gasteiger partial charge in [0.1, 0.15) is 17.4 Å². The van der Waals surface area contributed by atoms with Gasteiger partial charge in [-0.25, -0.2) is 5.43 Å². The second-order valence-corrected chi connectivity index (χ2v) is 5.00. The van der Waals surface area contributed by atoms with Crippen molar-refractivity contribution >= 4 is 11.0 Å². The smallest absolute Gasteiger partial charge is 0.134 e. The lowest BCUT2D eigenvalue weighted by Crippen LogP contribution is -2.29. The zero-order chi connectivity index (χ0) is 14.1. The zero-order valence-corrected chi connectivity index (χ0v) is 11.6. The van der Waals surface area contributed by atoms with Gasteiger partial charge in [0, 0.05) is 11.1 Å². The first-order chi connectivity index (χ1) is 9.67. The van der Waals surface area contributed by atoms with Crippen molar-refractivity contribution in [3.63, 3.8) is 0 Å². The second kappa shape index (κ2) is 5.07. The molecule has 4 heteroatoms. The number of hydrogen-bond donors (Lipinski definition) is 2. The Morgan fingerprint density at radius 2 is 1.95 bits per heavy atom. The number of rotatable bonds is 3. The summed E-state index contributed by atoms with van der Waals surface area (Å²) in [5.74, 6) is 6.48. The molecular weight excluding hydrogens is 250 g/mol. The molecule has 4 nitrogen and oxygen atoms in total. The molecule has 3 N–H and O–H groups in total. The summed E-state index contributed by atoms with van der Waals surface area (Å²) in [6.07, 6.45) is 0. The molecule has 0 aliphatic heterocycles. The Morgan fingerprint density at radius 1 is 1.15 bits per heavy atom. The van der Waals surface area contributed by atoms with Gasteiger partial charge in [0.15, 0.2) is 0 Å². The molecule has 0 aliphatic carbocycles. The normalized spacial score (nSPS) is 12.8. The Kier molecular flexibility index (Phi) is 3.26. The Balaban J connectivity index is 2.08. The molecule has 0 fully saturated rings. The predicted octanol–water partition coefficient (Wildman–Crippen LogP) is 3.00. The van der Waals surface area contributed by atoms with Crippen LogP contribution in [0.25, 0.3) is 11.0 Å². The van der Waals surface area contributed by atoms with Crippen molar-refractivity contribution in [2.45, 2.75) is 19.9 Å². The molecule has 0 amide bonds. The third-order valence-electron chi connectivity index (χ3n) is 3.31. The molecule has 0 saturated heterocycles. The minimum absolute atomic E-state index is 0.249. The zero-order valence-electron chi connectivity index (χ0n) is 11.6. The topological polar surface area (TPSA) is 64.1 Å². The summed E-state index contributed by atoms with van der Waals surface area (Å²) in [6.45, 7) is 4.02. The van der Waals surface area contributed by atoms with Gasteiger partial charge in [-0.3, -0.25) is 10.8 Å². The van der Waals surface area contributed by atoms with Gasteiger partial charge in [0.25, 0.3) is 0 Å².